The Labute approximate surface area is 143 Å². The topological polar surface area (TPSA) is 76.0 Å². The smallest absolute Gasteiger partial charge is 0.236 e. The van der Waals surface area contributed by atoms with E-state index in [0.717, 1.165) is 29.7 Å². The molecular formula is C18H25N5O. The first kappa shape index (κ1) is 17.8. The molecule has 1 amide bonds. The number of H-pyrrole nitrogens is 1. The molecule has 3 heterocycles. The summed E-state index contributed by atoms with van der Waals surface area (Å²) in [5, 5.41) is 9.83. The molecular weight excluding hydrogens is 302 g/mol. The molecule has 2 atom stereocenters. The van der Waals surface area contributed by atoms with E-state index in [9.17, 15) is 4.79 Å². The predicted molar refractivity (Wildman–Crippen MR) is 95.6 cm³/mol. The highest BCUT2D eigenvalue weighted by Crippen LogP contribution is 2.30. The van der Waals surface area contributed by atoms with E-state index in [0.29, 0.717) is 12.5 Å². The third-order valence-corrected chi connectivity index (χ3v) is 4.82. The SMILES string of the molecule is C.C[C@@H]1CCN(C(=O)CC#N)CC1N(C)c1ccnc2[nH]ccc12. The number of nitriles is 1. The van der Waals surface area contributed by atoms with E-state index < -0.39 is 0 Å². The predicted octanol–water partition coefficient (Wildman–Crippen LogP) is 2.79. The number of carbonyl (C=O) groups is 1. The van der Waals surface area contributed by atoms with Crippen molar-refractivity contribution in [2.45, 2.75) is 33.2 Å². The molecule has 1 N–H and O–H groups in total. The van der Waals surface area contributed by atoms with Crippen molar-refractivity contribution in [1.82, 2.24) is 14.9 Å². The van der Waals surface area contributed by atoms with Gasteiger partial charge in [-0.05, 0) is 24.5 Å². The van der Waals surface area contributed by atoms with Gasteiger partial charge in [-0.3, -0.25) is 4.79 Å². The van der Waals surface area contributed by atoms with Crippen molar-refractivity contribution in [3.05, 3.63) is 24.5 Å². The van der Waals surface area contributed by atoms with E-state index >= 15 is 0 Å². The molecule has 0 saturated carbocycles. The van der Waals surface area contributed by atoms with Gasteiger partial charge in [-0.2, -0.15) is 5.26 Å². The summed E-state index contributed by atoms with van der Waals surface area (Å²) >= 11 is 0. The van der Waals surface area contributed by atoms with Gasteiger partial charge in [0.15, 0.2) is 0 Å². The van der Waals surface area contributed by atoms with Crippen LogP contribution in [0.25, 0.3) is 11.0 Å². The van der Waals surface area contributed by atoms with Crippen molar-refractivity contribution in [2.75, 3.05) is 25.0 Å². The molecule has 3 rings (SSSR count). The number of piperidine rings is 1. The van der Waals surface area contributed by atoms with Crippen LogP contribution in [0.4, 0.5) is 5.69 Å². The third-order valence-electron chi connectivity index (χ3n) is 4.82. The second kappa shape index (κ2) is 7.35. The Hall–Kier alpha value is -2.55. The molecule has 1 aliphatic rings. The number of aromatic nitrogens is 2. The normalized spacial score (nSPS) is 20.3. The molecule has 0 spiro atoms. The van der Waals surface area contributed by atoms with Crippen molar-refractivity contribution in [1.29, 1.82) is 5.26 Å². The van der Waals surface area contributed by atoms with Crippen LogP contribution in [0.15, 0.2) is 24.5 Å². The molecule has 1 unspecified atom stereocenters. The second-order valence-electron chi connectivity index (χ2n) is 6.19. The molecule has 128 valence electrons. The lowest BCUT2D eigenvalue weighted by atomic mass is 9.91. The molecule has 6 nitrogen and oxygen atoms in total. The Morgan fingerprint density at radius 3 is 3.08 bits per heavy atom. The summed E-state index contributed by atoms with van der Waals surface area (Å²) in [4.78, 5) is 23.6. The largest absolute Gasteiger partial charge is 0.369 e. The maximum atomic E-state index is 12.1. The zero-order valence-corrected chi connectivity index (χ0v) is 13.5. The minimum atomic E-state index is -0.0701. The van der Waals surface area contributed by atoms with Gasteiger partial charge in [-0.15, -0.1) is 0 Å². The molecule has 0 aliphatic carbocycles. The molecule has 1 aliphatic heterocycles. The number of rotatable bonds is 3. The average Bonchev–Trinajstić information content (AvgIpc) is 3.03. The van der Waals surface area contributed by atoms with E-state index in [2.05, 4.69) is 28.8 Å². The molecule has 6 heteroatoms. The monoisotopic (exact) mass is 327 g/mol. The summed E-state index contributed by atoms with van der Waals surface area (Å²) in [6.45, 7) is 3.62. The molecule has 0 bridgehead atoms. The lowest BCUT2D eigenvalue weighted by molar-refractivity contribution is -0.131. The number of hydrogen-bond donors (Lipinski definition) is 1. The Morgan fingerprint density at radius 1 is 1.54 bits per heavy atom. The number of nitrogens with zero attached hydrogens (tertiary/aromatic N) is 4. The van der Waals surface area contributed by atoms with Crippen molar-refractivity contribution in [3.63, 3.8) is 0 Å². The quantitative estimate of drug-likeness (QED) is 0.940. The van der Waals surface area contributed by atoms with Crippen molar-refractivity contribution < 1.29 is 4.79 Å². The van der Waals surface area contributed by atoms with Crippen LogP contribution in [-0.4, -0.2) is 47.0 Å². The Balaban J connectivity index is 0.00000208. The average molecular weight is 327 g/mol. The van der Waals surface area contributed by atoms with Gasteiger partial charge in [-0.1, -0.05) is 14.4 Å². The highest BCUT2D eigenvalue weighted by molar-refractivity contribution is 5.89. The van der Waals surface area contributed by atoms with E-state index in [-0.39, 0.29) is 25.8 Å². The van der Waals surface area contributed by atoms with Gasteiger partial charge in [0, 0.05) is 49.6 Å². The lowest BCUT2D eigenvalue weighted by Crippen LogP contribution is -2.52. The van der Waals surface area contributed by atoms with Crippen LogP contribution in [0, 0.1) is 17.2 Å². The van der Waals surface area contributed by atoms with Crippen molar-refractivity contribution in [3.8, 4) is 6.07 Å². The van der Waals surface area contributed by atoms with Crippen LogP contribution >= 0.6 is 0 Å². The van der Waals surface area contributed by atoms with Crippen LogP contribution in [0.3, 0.4) is 0 Å². The number of hydrogen-bond acceptors (Lipinski definition) is 4. The third kappa shape index (κ3) is 3.21. The molecule has 1 saturated heterocycles. The van der Waals surface area contributed by atoms with E-state index in [1.807, 2.05) is 29.3 Å². The molecule has 2 aromatic rings. The van der Waals surface area contributed by atoms with Gasteiger partial charge in [0.1, 0.15) is 12.1 Å². The Bertz CT molecular complexity index is 747. The Kier molecular flexibility index (Phi) is 5.45. The number of likely N-dealkylation sites (tertiary alicyclic amines) is 1. The number of nitrogens with one attached hydrogen (secondary N) is 1. The number of anilines is 1. The van der Waals surface area contributed by atoms with E-state index in [1.54, 1.807) is 6.20 Å². The fourth-order valence-electron chi connectivity index (χ4n) is 3.39. The maximum absolute atomic E-state index is 12.1. The van der Waals surface area contributed by atoms with Crippen LogP contribution < -0.4 is 4.90 Å². The minimum absolute atomic E-state index is 0. The summed E-state index contributed by atoms with van der Waals surface area (Å²) < 4.78 is 0. The van der Waals surface area contributed by atoms with E-state index in [1.165, 1.54) is 0 Å². The van der Waals surface area contributed by atoms with Gasteiger partial charge >= 0.3 is 0 Å². The first-order chi connectivity index (χ1) is 11.1. The minimum Gasteiger partial charge on any atom is -0.369 e. The fraction of sp³-hybridized carbons (Fsp3) is 0.500. The van der Waals surface area contributed by atoms with Gasteiger partial charge in [0.25, 0.3) is 0 Å². The number of pyridine rings is 1. The fourth-order valence-corrected chi connectivity index (χ4v) is 3.39. The van der Waals surface area contributed by atoms with Crippen molar-refractivity contribution >= 4 is 22.6 Å². The first-order valence-electron chi connectivity index (χ1n) is 7.91. The second-order valence-corrected chi connectivity index (χ2v) is 6.19. The molecule has 1 fully saturated rings. The number of likely N-dealkylation sites (N-methyl/N-ethyl adjacent to an activating group) is 1. The first-order valence-corrected chi connectivity index (χ1v) is 7.91. The highest BCUT2D eigenvalue weighted by Gasteiger charge is 2.32. The molecule has 0 aromatic carbocycles. The number of amides is 1. The number of carbonyl (C=O) groups excluding carboxylic acids is 1. The zero-order chi connectivity index (χ0) is 16.4. The van der Waals surface area contributed by atoms with Gasteiger partial charge < -0.3 is 14.8 Å². The standard InChI is InChI=1S/C17H21N5O.CH4/c1-12-6-10-22(16(23)3-7-18)11-15(12)21(2)14-5-9-20-17-13(14)4-8-19-17;/h4-5,8-9,12,15H,3,6,10-11H2,1-2H3,(H,19,20);1H4/t12-,15?;/m1./s1. The number of fused-ring (bicyclic) bond motifs is 1. The van der Waals surface area contributed by atoms with Crippen LogP contribution in [-0.2, 0) is 4.79 Å². The van der Waals surface area contributed by atoms with Gasteiger partial charge in [0.2, 0.25) is 5.91 Å². The maximum Gasteiger partial charge on any atom is 0.236 e. The zero-order valence-electron chi connectivity index (χ0n) is 13.5. The summed E-state index contributed by atoms with van der Waals surface area (Å²) in [7, 11) is 2.07. The molecule has 24 heavy (non-hydrogen) atoms. The van der Waals surface area contributed by atoms with Crippen LogP contribution in [0.5, 0.6) is 0 Å². The highest BCUT2D eigenvalue weighted by atomic mass is 16.2. The number of aromatic amines is 1. The van der Waals surface area contributed by atoms with Gasteiger partial charge in [-0.25, -0.2) is 4.98 Å². The van der Waals surface area contributed by atoms with Crippen LogP contribution in [0.2, 0.25) is 0 Å². The Morgan fingerprint density at radius 2 is 2.33 bits per heavy atom. The summed E-state index contributed by atoms with van der Waals surface area (Å²) in [6, 6.07) is 6.22. The van der Waals surface area contributed by atoms with Gasteiger partial charge in [0.05, 0.1) is 6.07 Å². The van der Waals surface area contributed by atoms with Crippen LogP contribution in [0.1, 0.15) is 27.2 Å². The summed E-state index contributed by atoms with van der Waals surface area (Å²) in [5.74, 6) is 0.410. The summed E-state index contributed by atoms with van der Waals surface area (Å²) in [5.41, 5.74) is 1.98. The molecule has 2 aromatic heterocycles. The van der Waals surface area contributed by atoms with Crippen molar-refractivity contribution in [2.24, 2.45) is 5.92 Å². The lowest BCUT2D eigenvalue weighted by Gasteiger charge is -2.42. The van der Waals surface area contributed by atoms with E-state index in [4.69, 9.17) is 5.26 Å². The summed E-state index contributed by atoms with van der Waals surface area (Å²) in [6.07, 6.45) is 4.61. The molecule has 0 radical (unpaired) electrons.